The summed E-state index contributed by atoms with van der Waals surface area (Å²) in [7, 11) is 4.23. The number of anilines is 2. The zero-order chi connectivity index (χ0) is 24.6. The molecule has 1 N–H and O–H groups in total. The van der Waals surface area contributed by atoms with E-state index in [9.17, 15) is 13.2 Å². The molecule has 0 aliphatic carbocycles. The molecule has 0 unspecified atom stereocenters. The highest BCUT2D eigenvalue weighted by molar-refractivity contribution is 5.92. The fraction of sp³-hybridized carbons (Fsp3) is 0.480. The molecule has 3 aromatic rings. The van der Waals surface area contributed by atoms with E-state index in [0.29, 0.717) is 23.1 Å². The van der Waals surface area contributed by atoms with Gasteiger partial charge in [-0.1, -0.05) is 12.1 Å². The SMILES string of the molecule is Cc1c([C@@H](C)Nc2nnc(C)c3ncc(N4CCC(N(C)C)CC4)cc23)cccc1C(F)(F)F. The third kappa shape index (κ3) is 4.80. The number of alkyl halides is 3. The minimum Gasteiger partial charge on any atom is -0.370 e. The molecule has 0 spiro atoms. The smallest absolute Gasteiger partial charge is 0.370 e. The van der Waals surface area contributed by atoms with Crippen LogP contribution in [0.15, 0.2) is 30.5 Å². The highest BCUT2D eigenvalue weighted by Gasteiger charge is 2.33. The summed E-state index contributed by atoms with van der Waals surface area (Å²) in [6.45, 7) is 7.08. The normalized spacial score (nSPS) is 16.3. The summed E-state index contributed by atoms with van der Waals surface area (Å²) in [5, 5.41) is 12.7. The van der Waals surface area contributed by atoms with E-state index >= 15 is 0 Å². The van der Waals surface area contributed by atoms with Crippen LogP contribution in [-0.4, -0.2) is 53.3 Å². The first-order valence-corrected chi connectivity index (χ1v) is 11.5. The first-order chi connectivity index (χ1) is 16.1. The predicted molar refractivity (Wildman–Crippen MR) is 129 cm³/mol. The van der Waals surface area contributed by atoms with Gasteiger partial charge in [0.05, 0.1) is 34.7 Å². The maximum Gasteiger partial charge on any atom is 0.416 e. The topological polar surface area (TPSA) is 57.2 Å². The standard InChI is InChI=1S/C25H31F3N6/c1-15-20(7-6-8-22(15)25(26,27)28)16(2)30-24-21-13-19(14-29-23(21)17(3)31-32-24)34-11-9-18(10-12-34)33(4)5/h6-8,13-14,16,18H,9-12H2,1-5H3,(H,30,32)/t16-/m1/s1. The highest BCUT2D eigenvalue weighted by atomic mass is 19.4. The summed E-state index contributed by atoms with van der Waals surface area (Å²) < 4.78 is 40.2. The molecule has 34 heavy (non-hydrogen) atoms. The lowest BCUT2D eigenvalue weighted by Crippen LogP contribution is -2.42. The quantitative estimate of drug-likeness (QED) is 0.539. The number of fused-ring (bicyclic) bond motifs is 1. The molecule has 1 aliphatic rings. The van der Waals surface area contributed by atoms with Gasteiger partial charge in [0.15, 0.2) is 5.82 Å². The lowest BCUT2D eigenvalue weighted by atomic mass is 9.97. The van der Waals surface area contributed by atoms with Gasteiger partial charge in [-0.15, -0.1) is 5.10 Å². The van der Waals surface area contributed by atoms with Crippen LogP contribution in [0.5, 0.6) is 0 Å². The van der Waals surface area contributed by atoms with Crippen molar-refractivity contribution < 1.29 is 13.2 Å². The Morgan fingerprint density at radius 2 is 1.82 bits per heavy atom. The van der Waals surface area contributed by atoms with Crippen molar-refractivity contribution in [2.75, 3.05) is 37.4 Å². The minimum atomic E-state index is -4.39. The van der Waals surface area contributed by atoms with Gasteiger partial charge in [-0.05, 0) is 71.0 Å². The van der Waals surface area contributed by atoms with Crippen LogP contribution in [0, 0.1) is 13.8 Å². The van der Waals surface area contributed by atoms with E-state index in [4.69, 9.17) is 0 Å². The number of pyridine rings is 1. The Balaban J connectivity index is 1.65. The van der Waals surface area contributed by atoms with Gasteiger partial charge in [-0.2, -0.15) is 18.3 Å². The van der Waals surface area contributed by atoms with Gasteiger partial charge in [0, 0.05) is 24.5 Å². The second-order valence-corrected chi connectivity index (χ2v) is 9.29. The first-order valence-electron chi connectivity index (χ1n) is 11.5. The van der Waals surface area contributed by atoms with Crippen molar-refractivity contribution in [2.24, 2.45) is 0 Å². The predicted octanol–water partition coefficient (Wildman–Crippen LogP) is 5.36. The maximum absolute atomic E-state index is 13.4. The number of aromatic nitrogens is 3. The van der Waals surface area contributed by atoms with E-state index in [1.54, 1.807) is 6.07 Å². The number of nitrogens with one attached hydrogen (secondary N) is 1. The number of hydrogen-bond donors (Lipinski definition) is 1. The fourth-order valence-electron chi connectivity index (χ4n) is 4.78. The van der Waals surface area contributed by atoms with Crippen molar-refractivity contribution in [3.8, 4) is 0 Å². The van der Waals surface area contributed by atoms with Crippen molar-refractivity contribution in [1.29, 1.82) is 0 Å². The van der Waals surface area contributed by atoms with Gasteiger partial charge in [-0.3, -0.25) is 4.98 Å². The second-order valence-electron chi connectivity index (χ2n) is 9.29. The Kier molecular flexibility index (Phi) is 6.66. The van der Waals surface area contributed by atoms with Crippen LogP contribution in [0.4, 0.5) is 24.7 Å². The molecule has 4 rings (SSSR count). The van der Waals surface area contributed by atoms with Crippen LogP contribution < -0.4 is 10.2 Å². The Labute approximate surface area is 198 Å². The van der Waals surface area contributed by atoms with Gasteiger partial charge in [-0.25, -0.2) is 0 Å². The molecule has 6 nitrogen and oxygen atoms in total. The van der Waals surface area contributed by atoms with Crippen LogP contribution in [0.3, 0.4) is 0 Å². The van der Waals surface area contributed by atoms with Gasteiger partial charge in [0.2, 0.25) is 0 Å². The van der Waals surface area contributed by atoms with E-state index in [-0.39, 0.29) is 5.56 Å². The van der Waals surface area contributed by atoms with Crippen LogP contribution in [0.2, 0.25) is 0 Å². The van der Waals surface area contributed by atoms with Crippen molar-refractivity contribution in [1.82, 2.24) is 20.1 Å². The molecular weight excluding hydrogens is 441 g/mol. The van der Waals surface area contributed by atoms with Crippen LogP contribution >= 0.6 is 0 Å². The zero-order valence-corrected chi connectivity index (χ0v) is 20.2. The molecule has 0 amide bonds. The average molecular weight is 473 g/mol. The summed E-state index contributed by atoms with van der Waals surface area (Å²) in [5.74, 6) is 0.516. The maximum atomic E-state index is 13.4. The molecule has 9 heteroatoms. The first kappa shape index (κ1) is 24.2. The average Bonchev–Trinajstić information content (AvgIpc) is 2.80. The monoisotopic (exact) mass is 472 g/mol. The third-order valence-electron chi connectivity index (χ3n) is 6.83. The minimum absolute atomic E-state index is 0.210. The zero-order valence-electron chi connectivity index (χ0n) is 20.2. The molecule has 0 saturated carbocycles. The summed E-state index contributed by atoms with van der Waals surface area (Å²) in [6.07, 6.45) is -0.364. The molecule has 182 valence electrons. The number of rotatable bonds is 5. The molecule has 0 radical (unpaired) electrons. The molecule has 0 bridgehead atoms. The molecule has 1 aliphatic heterocycles. The number of nitrogens with zero attached hydrogens (tertiary/aromatic N) is 5. The summed E-state index contributed by atoms with van der Waals surface area (Å²) in [5.41, 5.74) is 2.62. The van der Waals surface area contributed by atoms with E-state index in [1.165, 1.54) is 13.0 Å². The van der Waals surface area contributed by atoms with Gasteiger partial charge >= 0.3 is 6.18 Å². The molecule has 1 fully saturated rings. The molecule has 1 atom stereocenters. The highest BCUT2D eigenvalue weighted by Crippen LogP contribution is 2.36. The molecule has 1 saturated heterocycles. The van der Waals surface area contributed by atoms with Gasteiger partial charge in [0.1, 0.15) is 0 Å². The summed E-state index contributed by atoms with van der Waals surface area (Å²) in [6, 6.07) is 6.51. The van der Waals surface area contributed by atoms with Crippen LogP contribution in [0.25, 0.3) is 10.9 Å². The molecule has 1 aromatic carbocycles. The fourth-order valence-corrected chi connectivity index (χ4v) is 4.78. The van der Waals surface area contributed by atoms with E-state index < -0.39 is 17.8 Å². The lowest BCUT2D eigenvalue weighted by Gasteiger charge is -2.36. The van der Waals surface area contributed by atoms with Crippen molar-refractivity contribution in [3.05, 3.63) is 52.8 Å². The third-order valence-corrected chi connectivity index (χ3v) is 6.83. The summed E-state index contributed by atoms with van der Waals surface area (Å²) in [4.78, 5) is 9.27. The van der Waals surface area contributed by atoms with E-state index in [0.717, 1.165) is 48.6 Å². The van der Waals surface area contributed by atoms with Crippen molar-refractivity contribution in [2.45, 2.75) is 51.9 Å². The number of halogens is 3. The van der Waals surface area contributed by atoms with Crippen LogP contribution in [0.1, 0.15) is 48.2 Å². The number of hydrogen-bond acceptors (Lipinski definition) is 6. The second kappa shape index (κ2) is 9.37. The number of aryl methyl sites for hydroxylation is 1. The van der Waals surface area contributed by atoms with Gasteiger partial charge in [0.25, 0.3) is 0 Å². The number of benzene rings is 1. The molecular formula is C25H31F3N6. The Morgan fingerprint density at radius 3 is 2.47 bits per heavy atom. The molecule has 2 aromatic heterocycles. The molecule has 3 heterocycles. The Bertz CT molecular complexity index is 1170. The number of piperidine rings is 1. The van der Waals surface area contributed by atoms with Crippen molar-refractivity contribution >= 4 is 22.4 Å². The van der Waals surface area contributed by atoms with Crippen molar-refractivity contribution in [3.63, 3.8) is 0 Å². The van der Waals surface area contributed by atoms with Gasteiger partial charge < -0.3 is 15.1 Å². The largest absolute Gasteiger partial charge is 0.416 e. The Hall–Kier alpha value is -2.94. The van der Waals surface area contributed by atoms with E-state index in [1.807, 2.05) is 20.0 Å². The summed E-state index contributed by atoms with van der Waals surface area (Å²) >= 11 is 0. The van der Waals surface area contributed by atoms with Crippen LogP contribution in [-0.2, 0) is 6.18 Å². The Morgan fingerprint density at radius 1 is 1.12 bits per heavy atom. The van der Waals surface area contributed by atoms with E-state index in [2.05, 4.69) is 50.5 Å². The lowest BCUT2D eigenvalue weighted by molar-refractivity contribution is -0.138.